The number of nitrogens with one attached hydrogen (secondary N) is 6. The third-order valence-electron chi connectivity index (χ3n) is 9.45. The highest BCUT2D eigenvalue weighted by Crippen LogP contribution is 2.34. The molecule has 0 atom stereocenters. The number of hydrogen-bond donors (Lipinski definition) is 7. The number of thiophene rings is 2. The quantitative estimate of drug-likeness (QED) is 0.0602. The normalized spacial score (nSPS) is 13.8. The van der Waals surface area contributed by atoms with Crippen LogP contribution >= 0.6 is 45.3 Å². The number of amides is 2. The molecule has 318 valence electrons. The first-order valence-electron chi connectivity index (χ1n) is 19.3. The van der Waals surface area contributed by atoms with Gasteiger partial charge >= 0.3 is 11.9 Å². The van der Waals surface area contributed by atoms with Gasteiger partial charge < -0.3 is 51.5 Å². The number of piperazine rings is 2. The molecule has 0 radical (unpaired) electrons. The van der Waals surface area contributed by atoms with E-state index in [-0.39, 0.29) is 22.4 Å². The van der Waals surface area contributed by atoms with Gasteiger partial charge in [0.15, 0.2) is 10.3 Å². The third kappa shape index (κ3) is 10.9. The van der Waals surface area contributed by atoms with E-state index in [4.69, 9.17) is 4.74 Å². The van der Waals surface area contributed by atoms with Crippen LogP contribution in [0.15, 0.2) is 71.4 Å². The minimum absolute atomic E-state index is 0.221. The van der Waals surface area contributed by atoms with E-state index in [0.717, 1.165) is 84.9 Å². The number of rotatable bonds is 12. The van der Waals surface area contributed by atoms with Crippen molar-refractivity contribution >= 4 is 113 Å². The second-order valence-corrected chi connectivity index (χ2v) is 18.0. The molecule has 61 heavy (non-hydrogen) atoms. The van der Waals surface area contributed by atoms with Crippen molar-refractivity contribution in [2.45, 2.75) is 13.8 Å². The number of carboxylic acids is 1. The van der Waals surface area contributed by atoms with Gasteiger partial charge in [0.2, 0.25) is 0 Å². The molecule has 20 heteroatoms. The zero-order chi connectivity index (χ0) is 42.9. The Morgan fingerprint density at radius 2 is 1.08 bits per heavy atom. The van der Waals surface area contributed by atoms with Crippen molar-refractivity contribution in [2.75, 3.05) is 90.5 Å². The van der Waals surface area contributed by atoms with E-state index in [1.54, 1.807) is 16.8 Å². The molecule has 6 heterocycles. The van der Waals surface area contributed by atoms with Gasteiger partial charge in [0.25, 0.3) is 11.8 Å². The van der Waals surface area contributed by atoms with Crippen molar-refractivity contribution in [3.8, 4) is 0 Å². The van der Waals surface area contributed by atoms with Gasteiger partial charge in [-0.25, -0.2) is 19.6 Å². The summed E-state index contributed by atoms with van der Waals surface area (Å²) in [5, 5.41) is 32.4. The summed E-state index contributed by atoms with van der Waals surface area (Å²) in [6.45, 7) is 10.9. The fraction of sp³-hybridized carbons (Fsp3) is 0.268. The minimum atomic E-state index is -0.991. The topological polar surface area (TPSA) is 202 Å². The van der Waals surface area contributed by atoms with Crippen molar-refractivity contribution in [1.82, 2.24) is 20.6 Å². The average Bonchev–Trinajstić information content (AvgIpc) is 4.10. The van der Waals surface area contributed by atoms with Crippen LogP contribution in [0.25, 0.3) is 0 Å². The van der Waals surface area contributed by atoms with Gasteiger partial charge in [0, 0.05) is 72.9 Å². The summed E-state index contributed by atoms with van der Waals surface area (Å²) in [6.07, 6.45) is 0. The number of carboxylic acid groups (broad SMARTS) is 1. The third-order valence-corrected chi connectivity index (χ3v) is 13.0. The van der Waals surface area contributed by atoms with Gasteiger partial charge in [-0.05, 0) is 50.2 Å². The summed E-state index contributed by atoms with van der Waals surface area (Å²) >= 11 is 5.10. The van der Waals surface area contributed by atoms with E-state index in [9.17, 15) is 24.3 Å². The first-order valence-corrected chi connectivity index (χ1v) is 22.6. The van der Waals surface area contributed by atoms with Crippen LogP contribution in [0, 0.1) is 13.8 Å². The van der Waals surface area contributed by atoms with Crippen molar-refractivity contribution in [1.29, 1.82) is 0 Å². The van der Waals surface area contributed by atoms with E-state index in [1.807, 2.05) is 68.4 Å². The predicted octanol–water partition coefficient (Wildman–Crippen LogP) is 7.32. The van der Waals surface area contributed by atoms with Gasteiger partial charge in [-0.15, -0.1) is 45.3 Å². The van der Waals surface area contributed by atoms with Crippen LogP contribution in [-0.2, 0) is 4.74 Å². The van der Waals surface area contributed by atoms with Crippen molar-refractivity contribution < 1.29 is 29.0 Å². The number of nitrogens with zero attached hydrogens (tertiary/aromatic N) is 4. The zero-order valence-electron chi connectivity index (χ0n) is 33.5. The molecule has 2 saturated heterocycles. The second-order valence-electron chi connectivity index (χ2n) is 13.7. The molecule has 0 aliphatic carbocycles. The SMILES string of the molecule is COC(=O)c1sc(C)cc1Nc1nc(C(=O)Nc2ccccc2N2CCNCC2)cs1.Cc1cc(Nc2nc(C(=O)Nc3ccccc3N3CCNCC3)cs2)c(C(=O)O)s1. The maximum Gasteiger partial charge on any atom is 0.350 e. The van der Waals surface area contributed by atoms with E-state index in [0.29, 0.717) is 32.2 Å². The Balaban J connectivity index is 0.000000184. The number of carbonyl (C=O) groups is 4. The smallest absolute Gasteiger partial charge is 0.350 e. The molecule has 0 saturated carbocycles. The number of anilines is 8. The van der Waals surface area contributed by atoms with E-state index < -0.39 is 11.9 Å². The van der Waals surface area contributed by atoms with Gasteiger partial charge in [-0.2, -0.15) is 0 Å². The number of aromatic nitrogens is 2. The number of methoxy groups -OCH3 is 1. The van der Waals surface area contributed by atoms with Crippen molar-refractivity contribution in [2.24, 2.45) is 0 Å². The highest BCUT2D eigenvalue weighted by molar-refractivity contribution is 7.15. The van der Waals surface area contributed by atoms with Gasteiger partial charge in [0.05, 0.1) is 41.2 Å². The van der Waals surface area contributed by atoms with Crippen LogP contribution in [0.1, 0.15) is 50.1 Å². The lowest BCUT2D eigenvalue weighted by molar-refractivity contribution is 0.0606. The zero-order valence-corrected chi connectivity index (χ0v) is 36.8. The molecule has 2 aliphatic rings. The average molecular weight is 901 g/mol. The number of aryl methyl sites for hydroxylation is 2. The molecule has 2 amide bonds. The molecule has 2 aliphatic heterocycles. The molecule has 8 rings (SSSR count). The monoisotopic (exact) mass is 900 g/mol. The fourth-order valence-corrected chi connectivity index (χ4v) is 9.71. The van der Waals surface area contributed by atoms with Gasteiger partial charge in [0.1, 0.15) is 21.1 Å². The molecule has 2 aromatic carbocycles. The highest BCUT2D eigenvalue weighted by atomic mass is 32.1. The molecule has 16 nitrogen and oxygen atoms in total. The lowest BCUT2D eigenvalue weighted by atomic mass is 10.2. The van der Waals surface area contributed by atoms with Gasteiger partial charge in [-0.3, -0.25) is 9.59 Å². The number of ether oxygens (including phenoxy) is 1. The number of thiazole rings is 2. The standard InChI is InChI=1S/C21H23N5O3S2.C20H21N5O3S2/c1-13-11-15(18(31-13)20(28)29-2)24-21-25-16(12-30-21)19(27)23-14-5-3-4-6-17(14)26-9-7-22-8-10-26;1-12-10-14(17(30-12)19(27)28)23-20-24-15(11-29-20)18(26)22-13-4-2-3-5-16(13)25-8-6-21-7-9-25/h3-6,11-12,22H,7-10H2,1-2H3,(H,23,27)(H,24,25);2-5,10-11,21H,6-9H2,1H3,(H,22,26)(H,23,24)(H,27,28). The summed E-state index contributed by atoms with van der Waals surface area (Å²) in [5.74, 6) is -1.97. The van der Waals surface area contributed by atoms with Crippen LogP contribution in [0.2, 0.25) is 0 Å². The Morgan fingerprint density at radius 3 is 1.52 bits per heavy atom. The van der Waals surface area contributed by atoms with Crippen LogP contribution in [0.5, 0.6) is 0 Å². The molecular formula is C41H44N10O6S4. The first kappa shape index (κ1) is 43.2. The minimum Gasteiger partial charge on any atom is -0.477 e. The van der Waals surface area contributed by atoms with Crippen LogP contribution in [-0.4, -0.2) is 98.3 Å². The summed E-state index contributed by atoms with van der Waals surface area (Å²) in [6, 6.07) is 19.2. The summed E-state index contributed by atoms with van der Waals surface area (Å²) in [7, 11) is 1.35. The van der Waals surface area contributed by atoms with E-state index in [2.05, 4.69) is 51.7 Å². The number of para-hydroxylation sites is 4. The Morgan fingerprint density at radius 1 is 0.656 bits per heavy atom. The van der Waals surface area contributed by atoms with E-state index in [1.165, 1.54) is 52.5 Å². The number of aromatic carboxylic acids is 1. The maximum atomic E-state index is 12.8. The molecule has 0 unspecified atom stereocenters. The van der Waals surface area contributed by atoms with Crippen LogP contribution in [0.3, 0.4) is 0 Å². The molecule has 2 fully saturated rings. The molecule has 0 bridgehead atoms. The van der Waals surface area contributed by atoms with Crippen LogP contribution in [0.4, 0.5) is 44.4 Å². The van der Waals surface area contributed by atoms with Crippen molar-refractivity contribution in [3.05, 3.63) is 102 Å². The molecule has 6 aromatic rings. The predicted molar refractivity (Wildman–Crippen MR) is 246 cm³/mol. The first-order chi connectivity index (χ1) is 29.6. The Hall–Kier alpha value is -5.90. The summed E-state index contributed by atoms with van der Waals surface area (Å²) in [5.41, 5.74) is 5.20. The van der Waals surface area contributed by atoms with Crippen LogP contribution < -0.4 is 41.7 Å². The lowest BCUT2D eigenvalue weighted by Gasteiger charge is -2.31. The molecule has 7 N–H and O–H groups in total. The molecule has 0 spiro atoms. The Bertz CT molecular complexity index is 2500. The number of hydrogen-bond acceptors (Lipinski definition) is 17. The van der Waals surface area contributed by atoms with Crippen molar-refractivity contribution in [3.63, 3.8) is 0 Å². The van der Waals surface area contributed by atoms with Gasteiger partial charge in [-0.1, -0.05) is 24.3 Å². The molecular weight excluding hydrogens is 857 g/mol. The van der Waals surface area contributed by atoms with E-state index >= 15 is 0 Å². The second kappa shape index (κ2) is 20.1. The number of esters is 1. The Labute approximate surface area is 368 Å². The Kier molecular flexibility index (Phi) is 14.2. The lowest BCUT2D eigenvalue weighted by Crippen LogP contribution is -2.43. The summed E-state index contributed by atoms with van der Waals surface area (Å²) < 4.78 is 4.84. The molecule has 4 aromatic heterocycles. The summed E-state index contributed by atoms with van der Waals surface area (Å²) in [4.78, 5) is 64.8. The fourth-order valence-electron chi connectivity index (χ4n) is 6.61. The highest BCUT2D eigenvalue weighted by Gasteiger charge is 2.22. The maximum absolute atomic E-state index is 12.8. The largest absolute Gasteiger partial charge is 0.477 e. The number of carbonyl (C=O) groups excluding carboxylic acids is 3. The number of benzene rings is 2.